The van der Waals surface area contributed by atoms with E-state index in [9.17, 15) is 4.79 Å². The first kappa shape index (κ1) is 16.9. The van der Waals surface area contributed by atoms with E-state index in [4.69, 9.17) is 4.98 Å². The van der Waals surface area contributed by atoms with E-state index < -0.39 is 0 Å². The molecule has 1 aliphatic carbocycles. The van der Waals surface area contributed by atoms with E-state index in [2.05, 4.69) is 31.2 Å². The summed E-state index contributed by atoms with van der Waals surface area (Å²) in [5.74, 6) is 0.994. The molecular weight excluding hydrogens is 348 g/mol. The fourth-order valence-corrected chi connectivity index (χ4v) is 5.63. The van der Waals surface area contributed by atoms with Gasteiger partial charge >= 0.3 is 0 Å². The molecule has 3 aromatic rings. The second-order valence-electron chi connectivity index (χ2n) is 6.47. The summed E-state index contributed by atoms with van der Waals surface area (Å²) in [7, 11) is 0. The summed E-state index contributed by atoms with van der Waals surface area (Å²) >= 11 is 3.44. The topological polar surface area (TPSA) is 34.9 Å². The van der Waals surface area contributed by atoms with E-state index in [1.165, 1.54) is 22.4 Å². The molecule has 3 nitrogen and oxygen atoms in total. The van der Waals surface area contributed by atoms with Crippen LogP contribution in [0.3, 0.4) is 0 Å². The molecular formula is C20H22N2OS2. The van der Waals surface area contributed by atoms with Crippen LogP contribution in [0.25, 0.3) is 10.2 Å². The molecule has 0 spiro atoms. The Kier molecular flexibility index (Phi) is 4.95. The summed E-state index contributed by atoms with van der Waals surface area (Å²) in [6.45, 7) is 2.86. The van der Waals surface area contributed by atoms with Crippen molar-refractivity contribution in [3.8, 4) is 0 Å². The largest absolute Gasteiger partial charge is 0.287 e. The maximum atomic E-state index is 13.3. The molecule has 0 radical (unpaired) electrons. The lowest BCUT2D eigenvalue weighted by molar-refractivity contribution is 0.596. The summed E-state index contributed by atoms with van der Waals surface area (Å²) in [4.78, 5) is 20.5. The Labute approximate surface area is 156 Å². The van der Waals surface area contributed by atoms with E-state index in [0.717, 1.165) is 46.8 Å². The molecule has 0 saturated carbocycles. The highest BCUT2D eigenvalue weighted by atomic mass is 32.2. The van der Waals surface area contributed by atoms with Crippen molar-refractivity contribution < 1.29 is 0 Å². The first-order chi connectivity index (χ1) is 12.3. The summed E-state index contributed by atoms with van der Waals surface area (Å²) < 4.78 is 1.92. The fourth-order valence-electron chi connectivity index (χ4n) is 3.44. The number of fused-ring (bicyclic) bond motifs is 3. The van der Waals surface area contributed by atoms with Gasteiger partial charge in [0.1, 0.15) is 4.83 Å². The molecule has 2 aromatic heterocycles. The van der Waals surface area contributed by atoms with Crippen LogP contribution in [0.1, 0.15) is 35.8 Å². The van der Waals surface area contributed by atoms with Crippen LogP contribution in [0.2, 0.25) is 0 Å². The smallest absolute Gasteiger partial charge is 0.263 e. The molecule has 0 N–H and O–H groups in total. The van der Waals surface area contributed by atoms with Crippen molar-refractivity contribution in [2.75, 3.05) is 5.75 Å². The predicted molar refractivity (Wildman–Crippen MR) is 107 cm³/mol. The average molecular weight is 371 g/mol. The fraction of sp³-hybridized carbons (Fsp3) is 0.400. The van der Waals surface area contributed by atoms with Gasteiger partial charge in [-0.2, -0.15) is 0 Å². The maximum Gasteiger partial charge on any atom is 0.263 e. The average Bonchev–Trinajstić information content (AvgIpc) is 3.20. The Morgan fingerprint density at radius 2 is 2.08 bits per heavy atom. The lowest BCUT2D eigenvalue weighted by Gasteiger charge is -2.12. The SMILES string of the molecule is CCCSc1nc2sc3c(c2c(=O)n1CCc1ccccc1)CCC3. The van der Waals surface area contributed by atoms with E-state index in [1.807, 2.05) is 10.6 Å². The summed E-state index contributed by atoms with van der Waals surface area (Å²) in [6, 6.07) is 10.4. The van der Waals surface area contributed by atoms with Crippen molar-refractivity contribution in [3.05, 3.63) is 56.7 Å². The molecule has 0 atom stereocenters. The van der Waals surface area contributed by atoms with E-state index in [1.54, 1.807) is 23.1 Å². The maximum absolute atomic E-state index is 13.3. The molecule has 25 heavy (non-hydrogen) atoms. The molecule has 1 aliphatic rings. The molecule has 0 unspecified atom stereocenters. The van der Waals surface area contributed by atoms with Crippen LogP contribution in [0, 0.1) is 0 Å². The van der Waals surface area contributed by atoms with Crippen molar-refractivity contribution >= 4 is 33.3 Å². The Bertz CT molecular complexity index is 944. The number of thiophene rings is 1. The van der Waals surface area contributed by atoms with Gasteiger partial charge in [0.05, 0.1) is 5.39 Å². The molecule has 0 bridgehead atoms. The zero-order valence-electron chi connectivity index (χ0n) is 14.5. The third-order valence-electron chi connectivity index (χ3n) is 4.69. The molecule has 5 heteroatoms. The molecule has 0 saturated heterocycles. The van der Waals surface area contributed by atoms with E-state index >= 15 is 0 Å². The highest BCUT2D eigenvalue weighted by Gasteiger charge is 2.23. The van der Waals surface area contributed by atoms with Crippen LogP contribution in [-0.2, 0) is 25.8 Å². The molecule has 0 amide bonds. The van der Waals surface area contributed by atoms with Crippen molar-refractivity contribution in [1.82, 2.24) is 9.55 Å². The monoisotopic (exact) mass is 370 g/mol. The van der Waals surface area contributed by atoms with Crippen LogP contribution < -0.4 is 5.56 Å². The number of nitrogens with zero attached hydrogens (tertiary/aromatic N) is 2. The van der Waals surface area contributed by atoms with Crippen molar-refractivity contribution in [2.24, 2.45) is 0 Å². The molecule has 0 aliphatic heterocycles. The highest BCUT2D eigenvalue weighted by Crippen LogP contribution is 2.35. The number of benzene rings is 1. The highest BCUT2D eigenvalue weighted by molar-refractivity contribution is 7.99. The van der Waals surface area contributed by atoms with Gasteiger partial charge in [-0.15, -0.1) is 11.3 Å². The van der Waals surface area contributed by atoms with Crippen LogP contribution in [0.5, 0.6) is 0 Å². The number of aromatic nitrogens is 2. The zero-order valence-corrected chi connectivity index (χ0v) is 16.1. The lowest BCUT2D eigenvalue weighted by atomic mass is 10.1. The molecule has 0 fully saturated rings. The number of rotatable bonds is 6. The number of thioether (sulfide) groups is 1. The lowest BCUT2D eigenvalue weighted by Crippen LogP contribution is -2.24. The van der Waals surface area contributed by atoms with Gasteiger partial charge in [-0.25, -0.2) is 4.98 Å². The van der Waals surface area contributed by atoms with Gasteiger partial charge in [-0.1, -0.05) is 49.0 Å². The van der Waals surface area contributed by atoms with E-state index in [-0.39, 0.29) is 5.56 Å². The summed E-state index contributed by atoms with van der Waals surface area (Å²) in [6.07, 6.45) is 5.26. The van der Waals surface area contributed by atoms with Crippen LogP contribution >= 0.6 is 23.1 Å². The third kappa shape index (κ3) is 3.27. The zero-order chi connectivity index (χ0) is 17.2. The number of hydrogen-bond donors (Lipinski definition) is 0. The molecule has 4 rings (SSSR count). The van der Waals surface area contributed by atoms with Gasteiger partial charge in [0, 0.05) is 17.2 Å². The van der Waals surface area contributed by atoms with Gasteiger partial charge < -0.3 is 0 Å². The molecule has 1 aromatic carbocycles. The first-order valence-corrected chi connectivity index (χ1v) is 10.8. The third-order valence-corrected chi connectivity index (χ3v) is 7.06. The first-order valence-electron chi connectivity index (χ1n) is 8.99. The number of hydrogen-bond acceptors (Lipinski definition) is 4. The molecule has 130 valence electrons. The van der Waals surface area contributed by atoms with Gasteiger partial charge in [0.25, 0.3) is 5.56 Å². The van der Waals surface area contributed by atoms with E-state index in [0.29, 0.717) is 6.54 Å². The van der Waals surface area contributed by atoms with Crippen molar-refractivity contribution in [1.29, 1.82) is 0 Å². The normalized spacial score (nSPS) is 13.5. The van der Waals surface area contributed by atoms with Crippen molar-refractivity contribution in [3.63, 3.8) is 0 Å². The standard InChI is InChI=1S/C20H22N2OS2/c1-2-13-24-20-21-18-17(15-9-6-10-16(15)25-18)19(23)22(20)12-11-14-7-4-3-5-8-14/h3-5,7-8H,2,6,9-13H2,1H3. The Morgan fingerprint density at radius 1 is 1.24 bits per heavy atom. The quantitative estimate of drug-likeness (QED) is 0.466. The second-order valence-corrected chi connectivity index (χ2v) is 8.62. The Hall–Kier alpha value is -1.59. The Balaban J connectivity index is 1.76. The second kappa shape index (κ2) is 7.34. The summed E-state index contributed by atoms with van der Waals surface area (Å²) in [5, 5.41) is 1.78. The van der Waals surface area contributed by atoms with Crippen LogP contribution in [-0.4, -0.2) is 15.3 Å². The minimum atomic E-state index is 0.166. The Morgan fingerprint density at radius 3 is 2.88 bits per heavy atom. The van der Waals surface area contributed by atoms with Crippen molar-refractivity contribution in [2.45, 2.75) is 50.7 Å². The van der Waals surface area contributed by atoms with Crippen LogP contribution in [0.4, 0.5) is 0 Å². The molecule has 2 heterocycles. The van der Waals surface area contributed by atoms with Gasteiger partial charge in [-0.3, -0.25) is 9.36 Å². The predicted octanol–water partition coefficient (Wildman–Crippen LogP) is 4.69. The minimum absolute atomic E-state index is 0.166. The minimum Gasteiger partial charge on any atom is -0.287 e. The van der Waals surface area contributed by atoms with Gasteiger partial charge in [0.15, 0.2) is 5.16 Å². The summed E-state index contributed by atoms with van der Waals surface area (Å²) in [5.41, 5.74) is 2.70. The van der Waals surface area contributed by atoms with Gasteiger partial charge in [-0.05, 0) is 43.2 Å². The van der Waals surface area contributed by atoms with Crippen LogP contribution in [0.15, 0.2) is 40.3 Å². The number of aryl methyl sites for hydroxylation is 3. The van der Waals surface area contributed by atoms with Gasteiger partial charge in [0.2, 0.25) is 0 Å².